The first-order chi connectivity index (χ1) is 16.4. The van der Waals surface area contributed by atoms with E-state index in [1.807, 2.05) is 25.3 Å². The highest BCUT2D eigenvalue weighted by Crippen LogP contribution is 2.46. The number of carbonyl (C=O) groups is 1. The van der Waals surface area contributed by atoms with Crippen molar-refractivity contribution in [1.82, 2.24) is 4.98 Å². The number of thiazole rings is 1. The Bertz CT molecular complexity index is 1480. The second-order valence-corrected chi connectivity index (χ2v) is 8.82. The monoisotopic (exact) mass is 478 g/mol. The lowest BCUT2D eigenvalue weighted by molar-refractivity contribution is 0.0971. The van der Waals surface area contributed by atoms with Crippen LogP contribution >= 0.6 is 11.3 Å². The number of fused-ring (bicyclic) bond motifs is 2. The van der Waals surface area contributed by atoms with Gasteiger partial charge in [0.05, 0.1) is 44.0 Å². The Labute approximate surface area is 199 Å². The molecule has 1 aliphatic heterocycles. The maximum Gasteiger partial charge on any atom is 0.297 e. The third-order valence-electron chi connectivity index (χ3n) is 5.84. The Hall–Kier alpha value is -3.85. The molecule has 4 aromatic rings. The van der Waals surface area contributed by atoms with E-state index in [4.69, 9.17) is 18.6 Å². The first-order valence-electron chi connectivity index (χ1n) is 10.5. The number of aromatic nitrogens is 1. The standard InChI is InChI=1S/C25H22N2O6S/c1-12-6-7-16-15(8-12)21(28)19-20(14-9-17(30-3)22(32-5)18(10-14)31-4)27(24(29)23(19)33-16)25-26-13(2)11-34-25/h6-11,20H,1-5H3/t20-/m1/s1. The van der Waals surface area contributed by atoms with Crippen molar-refractivity contribution in [2.45, 2.75) is 19.9 Å². The second-order valence-electron chi connectivity index (χ2n) is 7.98. The minimum absolute atomic E-state index is 0.00737. The van der Waals surface area contributed by atoms with Crippen molar-refractivity contribution in [1.29, 1.82) is 0 Å². The first-order valence-corrected chi connectivity index (χ1v) is 11.4. The number of carbonyl (C=O) groups excluding carboxylic acids is 1. The van der Waals surface area contributed by atoms with Gasteiger partial charge < -0.3 is 18.6 Å². The van der Waals surface area contributed by atoms with Crippen LogP contribution < -0.4 is 24.5 Å². The number of amides is 1. The third kappa shape index (κ3) is 3.23. The fourth-order valence-electron chi connectivity index (χ4n) is 4.31. The average Bonchev–Trinajstić information content (AvgIpc) is 3.39. The highest BCUT2D eigenvalue weighted by molar-refractivity contribution is 7.14. The van der Waals surface area contributed by atoms with E-state index in [1.54, 1.807) is 24.3 Å². The summed E-state index contributed by atoms with van der Waals surface area (Å²) in [6.07, 6.45) is 0. The Morgan fingerprint density at radius 2 is 1.71 bits per heavy atom. The van der Waals surface area contributed by atoms with Crippen molar-refractivity contribution in [3.8, 4) is 17.2 Å². The number of aryl methyl sites for hydroxylation is 2. The van der Waals surface area contributed by atoms with E-state index in [0.717, 1.165) is 11.3 Å². The van der Waals surface area contributed by atoms with Crippen LogP contribution in [0.5, 0.6) is 17.2 Å². The molecule has 8 nitrogen and oxygen atoms in total. The third-order valence-corrected chi connectivity index (χ3v) is 6.80. The van der Waals surface area contributed by atoms with Gasteiger partial charge in [-0.05, 0) is 43.7 Å². The van der Waals surface area contributed by atoms with Gasteiger partial charge in [-0.2, -0.15) is 0 Å². The summed E-state index contributed by atoms with van der Waals surface area (Å²) >= 11 is 1.32. The lowest BCUT2D eigenvalue weighted by atomic mass is 9.97. The van der Waals surface area contributed by atoms with Crippen LogP contribution in [-0.2, 0) is 0 Å². The smallest absolute Gasteiger partial charge is 0.297 e. The van der Waals surface area contributed by atoms with Crippen molar-refractivity contribution >= 4 is 33.3 Å². The van der Waals surface area contributed by atoms with E-state index >= 15 is 0 Å². The summed E-state index contributed by atoms with van der Waals surface area (Å²) in [4.78, 5) is 33.5. The second kappa shape index (κ2) is 8.18. The van der Waals surface area contributed by atoms with Gasteiger partial charge in [0, 0.05) is 5.38 Å². The molecule has 0 bridgehead atoms. The summed E-state index contributed by atoms with van der Waals surface area (Å²) in [7, 11) is 4.55. The molecule has 0 radical (unpaired) electrons. The summed E-state index contributed by atoms with van der Waals surface area (Å²) < 4.78 is 22.5. The van der Waals surface area contributed by atoms with Crippen LogP contribution in [0.25, 0.3) is 11.0 Å². The normalized spacial score (nSPS) is 15.0. The molecule has 0 spiro atoms. The predicted octanol–water partition coefficient (Wildman–Crippen LogP) is 4.64. The topological polar surface area (TPSA) is 91.1 Å². The van der Waals surface area contributed by atoms with E-state index in [-0.39, 0.29) is 16.8 Å². The van der Waals surface area contributed by atoms with E-state index in [1.165, 1.54) is 37.6 Å². The van der Waals surface area contributed by atoms with E-state index < -0.39 is 11.9 Å². The Morgan fingerprint density at radius 1 is 1.00 bits per heavy atom. The average molecular weight is 479 g/mol. The van der Waals surface area contributed by atoms with Crippen molar-refractivity contribution in [2.75, 3.05) is 26.2 Å². The van der Waals surface area contributed by atoms with Crippen LogP contribution in [0.3, 0.4) is 0 Å². The molecule has 34 heavy (non-hydrogen) atoms. The van der Waals surface area contributed by atoms with E-state index in [9.17, 15) is 9.59 Å². The number of rotatable bonds is 5. The zero-order valence-corrected chi connectivity index (χ0v) is 20.1. The first kappa shape index (κ1) is 22.0. The SMILES string of the molecule is COc1cc([C@@H]2c3c(oc4ccc(C)cc4c3=O)C(=O)N2c2nc(C)cs2)cc(OC)c1OC. The molecular weight excluding hydrogens is 456 g/mol. The molecule has 3 heterocycles. The van der Waals surface area contributed by atoms with Gasteiger partial charge in [-0.25, -0.2) is 4.98 Å². The zero-order valence-electron chi connectivity index (χ0n) is 19.3. The molecule has 1 aliphatic rings. The largest absolute Gasteiger partial charge is 0.493 e. The van der Waals surface area contributed by atoms with Gasteiger partial charge in [0.25, 0.3) is 5.91 Å². The lowest BCUT2D eigenvalue weighted by Crippen LogP contribution is -2.29. The molecule has 0 saturated carbocycles. The minimum Gasteiger partial charge on any atom is -0.493 e. The van der Waals surface area contributed by atoms with Gasteiger partial charge in [-0.1, -0.05) is 11.6 Å². The van der Waals surface area contributed by atoms with E-state index in [2.05, 4.69) is 4.98 Å². The molecule has 5 rings (SSSR count). The van der Waals surface area contributed by atoms with Gasteiger partial charge in [0.2, 0.25) is 11.5 Å². The van der Waals surface area contributed by atoms with Gasteiger partial charge in [-0.3, -0.25) is 14.5 Å². The van der Waals surface area contributed by atoms with Crippen molar-refractivity contribution in [3.63, 3.8) is 0 Å². The lowest BCUT2D eigenvalue weighted by Gasteiger charge is -2.24. The maximum atomic E-state index is 13.8. The van der Waals surface area contributed by atoms with Crippen molar-refractivity contribution in [3.05, 3.63) is 74.1 Å². The van der Waals surface area contributed by atoms with Crippen LogP contribution in [-0.4, -0.2) is 32.2 Å². The van der Waals surface area contributed by atoms with Gasteiger partial charge in [0.1, 0.15) is 5.58 Å². The van der Waals surface area contributed by atoms with Crippen LogP contribution in [0.4, 0.5) is 5.13 Å². The summed E-state index contributed by atoms with van der Waals surface area (Å²) in [6, 6.07) is 8.01. The Kier molecular flexibility index (Phi) is 5.28. The molecule has 1 atom stereocenters. The number of ether oxygens (including phenoxy) is 3. The summed E-state index contributed by atoms with van der Waals surface area (Å²) in [6.45, 7) is 3.75. The summed E-state index contributed by atoms with van der Waals surface area (Å²) in [5.41, 5.74) is 2.65. The Balaban J connectivity index is 1.84. The highest BCUT2D eigenvalue weighted by Gasteiger charge is 2.45. The van der Waals surface area contributed by atoms with Crippen LogP contribution in [0.2, 0.25) is 0 Å². The van der Waals surface area contributed by atoms with Crippen LogP contribution in [0, 0.1) is 13.8 Å². The fraction of sp³-hybridized carbons (Fsp3) is 0.240. The number of hydrogen-bond donors (Lipinski definition) is 0. The molecule has 1 amide bonds. The summed E-state index contributed by atoms with van der Waals surface area (Å²) in [5, 5.41) is 2.74. The molecule has 0 fully saturated rings. The molecule has 2 aromatic carbocycles. The van der Waals surface area contributed by atoms with Crippen LogP contribution in [0.1, 0.15) is 39.0 Å². The number of nitrogens with zero attached hydrogens (tertiary/aromatic N) is 2. The molecule has 2 aromatic heterocycles. The maximum absolute atomic E-state index is 13.8. The highest BCUT2D eigenvalue weighted by atomic mass is 32.1. The Morgan fingerprint density at radius 3 is 2.29 bits per heavy atom. The van der Waals surface area contributed by atoms with Gasteiger partial charge in [0.15, 0.2) is 22.1 Å². The van der Waals surface area contributed by atoms with E-state index in [0.29, 0.717) is 38.9 Å². The molecular formula is C25H22N2O6S. The quantitative estimate of drug-likeness (QED) is 0.413. The number of hydrogen-bond acceptors (Lipinski definition) is 8. The van der Waals surface area contributed by atoms with Crippen molar-refractivity contribution in [2.24, 2.45) is 0 Å². The number of anilines is 1. The predicted molar refractivity (Wildman–Crippen MR) is 129 cm³/mol. The number of methoxy groups -OCH3 is 3. The molecule has 0 aliphatic carbocycles. The minimum atomic E-state index is -0.789. The number of benzene rings is 2. The molecule has 0 saturated heterocycles. The van der Waals surface area contributed by atoms with Crippen molar-refractivity contribution < 1.29 is 23.4 Å². The fourth-order valence-corrected chi connectivity index (χ4v) is 5.14. The zero-order chi connectivity index (χ0) is 24.1. The van der Waals surface area contributed by atoms with Gasteiger partial charge in [-0.15, -0.1) is 11.3 Å². The van der Waals surface area contributed by atoms with Crippen LogP contribution in [0.15, 0.2) is 44.9 Å². The molecule has 0 N–H and O–H groups in total. The molecule has 9 heteroatoms. The molecule has 174 valence electrons. The molecule has 0 unspecified atom stereocenters. The summed E-state index contributed by atoms with van der Waals surface area (Å²) in [5.74, 6) is 0.815. The van der Waals surface area contributed by atoms with Gasteiger partial charge >= 0.3 is 0 Å².